The molecular weight excluding hydrogens is 340 g/mol. The second-order valence-corrected chi connectivity index (χ2v) is 6.80. The van der Waals surface area contributed by atoms with Crippen LogP contribution in [0.4, 0.5) is 5.69 Å². The Morgan fingerprint density at radius 2 is 2.00 bits per heavy atom. The monoisotopic (exact) mass is 356 g/mol. The molecule has 0 fully saturated rings. The zero-order chi connectivity index (χ0) is 17.8. The molecule has 2 aromatic carbocycles. The number of nitro benzene ring substituents is 1. The molecule has 1 aromatic heterocycles. The molecule has 0 bridgehead atoms. The maximum Gasteiger partial charge on any atom is 0.344 e. The molecule has 0 aliphatic heterocycles. The summed E-state index contributed by atoms with van der Waals surface area (Å²) in [6, 6.07) is 16.1. The van der Waals surface area contributed by atoms with Crippen LogP contribution in [0.1, 0.15) is 23.3 Å². The van der Waals surface area contributed by atoms with Crippen molar-refractivity contribution in [2.24, 2.45) is 0 Å². The first kappa shape index (κ1) is 17.0. The Bertz CT molecular complexity index is 936. The fraction of sp³-hybridized carbons (Fsp3) is 0.176. The van der Waals surface area contributed by atoms with E-state index in [1.165, 1.54) is 17.8 Å². The number of rotatable bonds is 6. The fourth-order valence-electron chi connectivity index (χ4n) is 2.42. The van der Waals surface area contributed by atoms with Crippen LogP contribution in [0.5, 0.6) is 0 Å². The van der Waals surface area contributed by atoms with E-state index in [1.807, 2.05) is 43.3 Å². The minimum atomic E-state index is -0.416. The molecule has 0 aliphatic rings. The lowest BCUT2D eigenvalue weighted by atomic mass is 10.1. The van der Waals surface area contributed by atoms with Crippen LogP contribution in [0.15, 0.2) is 64.5 Å². The summed E-state index contributed by atoms with van der Waals surface area (Å²) in [5.74, 6) is 0. The average Bonchev–Trinajstić information content (AvgIpc) is 2.96. The Morgan fingerprint density at radius 1 is 1.24 bits per heavy atom. The number of benzene rings is 2. The van der Waals surface area contributed by atoms with Crippen molar-refractivity contribution in [2.75, 3.05) is 0 Å². The summed E-state index contributed by atoms with van der Waals surface area (Å²) in [6.07, 6.45) is 0. The van der Waals surface area contributed by atoms with Crippen molar-refractivity contribution in [2.45, 2.75) is 23.9 Å². The van der Waals surface area contributed by atoms with Crippen LogP contribution in [0.25, 0.3) is 0 Å². The van der Waals surface area contributed by atoms with E-state index in [2.05, 4.69) is 10.2 Å². The number of nitrogens with one attached hydrogen (secondary N) is 1. The van der Waals surface area contributed by atoms with Crippen LogP contribution in [-0.4, -0.2) is 19.7 Å². The van der Waals surface area contributed by atoms with Gasteiger partial charge in [0.15, 0.2) is 5.16 Å². The van der Waals surface area contributed by atoms with E-state index in [0.717, 1.165) is 11.1 Å². The minimum Gasteiger partial charge on any atom is -0.266 e. The number of non-ortho nitro benzene ring substituents is 1. The number of nitrogens with zero attached hydrogens (tertiary/aromatic N) is 3. The van der Waals surface area contributed by atoms with Crippen LogP contribution in [0.2, 0.25) is 0 Å². The fourth-order valence-corrected chi connectivity index (χ4v) is 3.39. The van der Waals surface area contributed by atoms with Gasteiger partial charge in [-0.05, 0) is 18.1 Å². The molecule has 1 unspecified atom stereocenters. The van der Waals surface area contributed by atoms with Gasteiger partial charge in [0.25, 0.3) is 5.69 Å². The summed E-state index contributed by atoms with van der Waals surface area (Å²) in [7, 11) is 0. The van der Waals surface area contributed by atoms with Crippen molar-refractivity contribution in [3.63, 3.8) is 0 Å². The molecule has 1 atom stereocenters. The van der Waals surface area contributed by atoms with Crippen molar-refractivity contribution in [1.29, 1.82) is 0 Å². The number of aromatic nitrogens is 3. The van der Waals surface area contributed by atoms with Gasteiger partial charge < -0.3 is 0 Å². The molecular formula is C17H16N4O3S. The SMILES string of the molecule is CC(Sc1n[nH]c(=O)n1Cc1ccccc1)c1cccc([N+](=O)[O-])c1. The molecule has 0 aliphatic carbocycles. The Kier molecular flexibility index (Phi) is 4.99. The Balaban J connectivity index is 1.82. The van der Waals surface area contributed by atoms with E-state index in [1.54, 1.807) is 16.7 Å². The predicted octanol–water partition coefficient (Wildman–Crippen LogP) is 3.38. The highest BCUT2D eigenvalue weighted by Gasteiger charge is 2.16. The molecule has 7 nitrogen and oxygen atoms in total. The van der Waals surface area contributed by atoms with Crippen LogP contribution >= 0.6 is 11.8 Å². The van der Waals surface area contributed by atoms with Crippen LogP contribution in [-0.2, 0) is 6.54 Å². The van der Waals surface area contributed by atoms with Gasteiger partial charge in [-0.25, -0.2) is 9.89 Å². The Labute approximate surface area is 147 Å². The molecule has 0 amide bonds. The van der Waals surface area contributed by atoms with Gasteiger partial charge in [0.2, 0.25) is 0 Å². The Hall–Kier alpha value is -2.87. The Morgan fingerprint density at radius 3 is 2.72 bits per heavy atom. The first-order valence-electron chi connectivity index (χ1n) is 7.64. The number of hydrogen-bond acceptors (Lipinski definition) is 5. The predicted molar refractivity (Wildman–Crippen MR) is 95.8 cm³/mol. The molecule has 1 heterocycles. The number of aromatic amines is 1. The maximum atomic E-state index is 12.0. The van der Waals surface area contributed by atoms with E-state index in [-0.39, 0.29) is 16.6 Å². The smallest absolute Gasteiger partial charge is 0.266 e. The van der Waals surface area contributed by atoms with Gasteiger partial charge in [0.05, 0.1) is 11.5 Å². The second kappa shape index (κ2) is 7.35. The molecule has 25 heavy (non-hydrogen) atoms. The third kappa shape index (κ3) is 3.97. The largest absolute Gasteiger partial charge is 0.344 e. The average molecular weight is 356 g/mol. The van der Waals surface area contributed by atoms with Gasteiger partial charge in [0.1, 0.15) is 0 Å². The van der Waals surface area contributed by atoms with Gasteiger partial charge in [0, 0.05) is 17.4 Å². The normalized spacial score (nSPS) is 12.0. The zero-order valence-corrected chi connectivity index (χ0v) is 14.3. The summed E-state index contributed by atoms with van der Waals surface area (Å²) in [6.45, 7) is 2.34. The lowest BCUT2D eigenvalue weighted by molar-refractivity contribution is -0.384. The first-order valence-corrected chi connectivity index (χ1v) is 8.52. The minimum absolute atomic E-state index is 0.0497. The lowest BCUT2D eigenvalue weighted by Gasteiger charge is -2.12. The van der Waals surface area contributed by atoms with Crippen LogP contribution < -0.4 is 5.69 Å². The summed E-state index contributed by atoms with van der Waals surface area (Å²) < 4.78 is 1.56. The topological polar surface area (TPSA) is 93.8 Å². The van der Waals surface area contributed by atoms with Crippen molar-refractivity contribution >= 4 is 17.4 Å². The molecule has 3 rings (SSSR count). The quantitative estimate of drug-likeness (QED) is 0.415. The first-order chi connectivity index (χ1) is 12.0. The zero-order valence-electron chi connectivity index (χ0n) is 13.5. The molecule has 0 radical (unpaired) electrons. The van der Waals surface area contributed by atoms with E-state index in [4.69, 9.17) is 0 Å². The summed E-state index contributed by atoms with van der Waals surface area (Å²) >= 11 is 1.38. The third-order valence-corrected chi connectivity index (χ3v) is 4.89. The van der Waals surface area contributed by atoms with Gasteiger partial charge >= 0.3 is 5.69 Å². The van der Waals surface area contributed by atoms with E-state index < -0.39 is 4.92 Å². The van der Waals surface area contributed by atoms with Gasteiger partial charge in [-0.3, -0.25) is 14.7 Å². The maximum absolute atomic E-state index is 12.0. The van der Waals surface area contributed by atoms with Crippen molar-refractivity contribution in [3.8, 4) is 0 Å². The highest BCUT2D eigenvalue weighted by molar-refractivity contribution is 7.99. The highest BCUT2D eigenvalue weighted by Crippen LogP contribution is 2.34. The van der Waals surface area contributed by atoms with Gasteiger partial charge in [-0.2, -0.15) is 0 Å². The number of nitro groups is 1. The molecule has 128 valence electrons. The number of thioether (sulfide) groups is 1. The third-order valence-electron chi connectivity index (χ3n) is 3.74. The molecule has 1 N–H and O–H groups in total. The molecule has 0 spiro atoms. The second-order valence-electron chi connectivity index (χ2n) is 5.50. The molecule has 0 saturated heterocycles. The van der Waals surface area contributed by atoms with E-state index in [0.29, 0.717) is 11.7 Å². The van der Waals surface area contributed by atoms with Gasteiger partial charge in [-0.1, -0.05) is 54.2 Å². The van der Waals surface area contributed by atoms with Crippen LogP contribution in [0.3, 0.4) is 0 Å². The van der Waals surface area contributed by atoms with Crippen LogP contribution in [0, 0.1) is 10.1 Å². The summed E-state index contributed by atoms with van der Waals surface area (Å²) in [5.41, 5.74) is 1.57. The molecule has 0 saturated carbocycles. The molecule has 3 aromatic rings. The van der Waals surface area contributed by atoms with E-state index in [9.17, 15) is 14.9 Å². The van der Waals surface area contributed by atoms with Crippen molar-refractivity contribution in [1.82, 2.24) is 14.8 Å². The van der Waals surface area contributed by atoms with Crippen molar-refractivity contribution < 1.29 is 4.92 Å². The number of H-pyrrole nitrogens is 1. The summed E-state index contributed by atoms with van der Waals surface area (Å²) in [4.78, 5) is 22.6. The van der Waals surface area contributed by atoms with Crippen molar-refractivity contribution in [3.05, 3.63) is 86.3 Å². The van der Waals surface area contributed by atoms with E-state index >= 15 is 0 Å². The number of hydrogen-bond donors (Lipinski definition) is 1. The highest BCUT2D eigenvalue weighted by atomic mass is 32.2. The molecule has 8 heteroatoms. The summed E-state index contributed by atoms with van der Waals surface area (Å²) in [5, 5.41) is 17.9. The standard InChI is InChI=1S/C17H16N4O3S/c1-12(14-8-5-9-15(10-14)21(23)24)25-17-19-18-16(22)20(17)11-13-6-3-2-4-7-13/h2-10,12H,11H2,1H3,(H,18,22). The van der Waals surface area contributed by atoms with Gasteiger partial charge in [-0.15, -0.1) is 5.10 Å². The lowest BCUT2D eigenvalue weighted by Crippen LogP contribution is -2.18.